The summed E-state index contributed by atoms with van der Waals surface area (Å²) in [7, 11) is 4.55. The standard InChI is InChI=1S/C19H16FNO4/c1-23-16-10-15-13(18(24-2)19(16)25-3)8-9-14(21-15)17(22)11-4-6-12(20)7-5-11/h4-10H,1-3H3. The fourth-order valence-electron chi connectivity index (χ4n) is 2.62. The van der Waals surface area contributed by atoms with Gasteiger partial charge in [0.25, 0.3) is 0 Å². The van der Waals surface area contributed by atoms with Gasteiger partial charge in [-0.2, -0.15) is 0 Å². The second-order valence-electron chi connectivity index (χ2n) is 5.24. The second-order valence-corrected chi connectivity index (χ2v) is 5.24. The molecule has 1 aromatic heterocycles. The molecule has 0 unspecified atom stereocenters. The van der Waals surface area contributed by atoms with Crippen molar-refractivity contribution in [3.05, 3.63) is 59.5 Å². The molecular formula is C19H16FNO4. The molecule has 0 amide bonds. The molecule has 25 heavy (non-hydrogen) atoms. The summed E-state index contributed by atoms with van der Waals surface area (Å²) >= 11 is 0. The van der Waals surface area contributed by atoms with Gasteiger partial charge in [0.05, 0.1) is 26.8 Å². The number of carbonyl (C=O) groups is 1. The van der Waals surface area contributed by atoms with Gasteiger partial charge in [-0.25, -0.2) is 9.37 Å². The van der Waals surface area contributed by atoms with Crippen molar-refractivity contribution in [3.8, 4) is 17.2 Å². The maximum absolute atomic E-state index is 13.0. The van der Waals surface area contributed by atoms with Gasteiger partial charge in [-0.1, -0.05) is 0 Å². The highest BCUT2D eigenvalue weighted by Gasteiger charge is 2.18. The third-order valence-electron chi connectivity index (χ3n) is 3.83. The molecule has 0 saturated heterocycles. The van der Waals surface area contributed by atoms with E-state index in [-0.39, 0.29) is 11.5 Å². The van der Waals surface area contributed by atoms with Crippen LogP contribution in [-0.2, 0) is 0 Å². The number of halogens is 1. The summed E-state index contributed by atoms with van der Waals surface area (Å²) in [5.74, 6) is 0.688. The van der Waals surface area contributed by atoms with E-state index in [1.54, 1.807) is 18.2 Å². The third kappa shape index (κ3) is 2.98. The van der Waals surface area contributed by atoms with Crippen molar-refractivity contribution >= 4 is 16.7 Å². The Hall–Kier alpha value is -3.15. The average molecular weight is 341 g/mol. The van der Waals surface area contributed by atoms with Crippen LogP contribution in [0.1, 0.15) is 16.1 Å². The summed E-state index contributed by atoms with van der Waals surface area (Å²) in [5, 5.41) is 0.691. The highest BCUT2D eigenvalue weighted by molar-refractivity contribution is 6.09. The minimum atomic E-state index is -0.399. The van der Waals surface area contributed by atoms with E-state index >= 15 is 0 Å². The monoisotopic (exact) mass is 341 g/mol. The molecule has 0 aliphatic rings. The lowest BCUT2D eigenvalue weighted by Crippen LogP contribution is -2.05. The molecule has 1 heterocycles. The highest BCUT2D eigenvalue weighted by Crippen LogP contribution is 2.42. The van der Waals surface area contributed by atoms with Gasteiger partial charge in [0.2, 0.25) is 11.5 Å². The summed E-state index contributed by atoms with van der Waals surface area (Å²) in [6.45, 7) is 0. The smallest absolute Gasteiger partial charge is 0.211 e. The summed E-state index contributed by atoms with van der Waals surface area (Å²) in [5.41, 5.74) is 1.14. The van der Waals surface area contributed by atoms with Crippen molar-refractivity contribution in [3.63, 3.8) is 0 Å². The Morgan fingerprint density at radius 1 is 0.920 bits per heavy atom. The first-order valence-corrected chi connectivity index (χ1v) is 7.49. The number of carbonyl (C=O) groups excluding carboxylic acids is 1. The van der Waals surface area contributed by atoms with Crippen molar-refractivity contribution in [1.29, 1.82) is 0 Å². The van der Waals surface area contributed by atoms with Crippen LogP contribution in [0.4, 0.5) is 4.39 Å². The molecule has 2 aromatic carbocycles. The fraction of sp³-hybridized carbons (Fsp3) is 0.158. The molecule has 0 radical (unpaired) electrons. The van der Waals surface area contributed by atoms with E-state index in [0.29, 0.717) is 33.7 Å². The lowest BCUT2D eigenvalue weighted by atomic mass is 10.1. The molecule has 0 aliphatic heterocycles. The number of hydrogen-bond donors (Lipinski definition) is 0. The van der Waals surface area contributed by atoms with Gasteiger partial charge < -0.3 is 14.2 Å². The molecular weight excluding hydrogens is 325 g/mol. The highest BCUT2D eigenvalue weighted by atomic mass is 19.1. The van der Waals surface area contributed by atoms with Gasteiger partial charge >= 0.3 is 0 Å². The van der Waals surface area contributed by atoms with E-state index in [1.807, 2.05) is 0 Å². The molecule has 3 rings (SSSR count). The molecule has 0 saturated carbocycles. The Balaban J connectivity index is 2.13. The molecule has 0 spiro atoms. The number of pyridine rings is 1. The van der Waals surface area contributed by atoms with Gasteiger partial charge in [0.15, 0.2) is 11.5 Å². The zero-order valence-electron chi connectivity index (χ0n) is 14.0. The predicted molar refractivity (Wildman–Crippen MR) is 91.2 cm³/mol. The molecule has 0 fully saturated rings. The first-order chi connectivity index (χ1) is 12.1. The topological polar surface area (TPSA) is 57.7 Å². The molecule has 5 nitrogen and oxygen atoms in total. The maximum Gasteiger partial charge on any atom is 0.211 e. The Bertz CT molecular complexity index is 938. The number of nitrogens with zero attached hydrogens (tertiary/aromatic N) is 1. The quantitative estimate of drug-likeness (QED) is 0.663. The van der Waals surface area contributed by atoms with E-state index in [1.165, 1.54) is 45.6 Å². The van der Waals surface area contributed by atoms with Crippen molar-refractivity contribution in [2.75, 3.05) is 21.3 Å². The van der Waals surface area contributed by atoms with Crippen molar-refractivity contribution < 1.29 is 23.4 Å². The Kier molecular flexibility index (Phi) is 4.52. The molecule has 6 heteroatoms. The number of ether oxygens (including phenoxy) is 3. The van der Waals surface area contributed by atoms with E-state index in [9.17, 15) is 9.18 Å². The number of methoxy groups -OCH3 is 3. The van der Waals surface area contributed by atoms with Crippen LogP contribution < -0.4 is 14.2 Å². The van der Waals surface area contributed by atoms with Crippen LogP contribution in [0.15, 0.2) is 42.5 Å². The molecule has 0 aliphatic carbocycles. The van der Waals surface area contributed by atoms with Crippen LogP contribution in [0.3, 0.4) is 0 Å². The molecule has 0 atom stereocenters. The van der Waals surface area contributed by atoms with Crippen LogP contribution in [0.5, 0.6) is 17.2 Å². The van der Waals surface area contributed by atoms with Gasteiger partial charge in [0.1, 0.15) is 11.5 Å². The van der Waals surface area contributed by atoms with Gasteiger partial charge in [-0.3, -0.25) is 4.79 Å². The van der Waals surface area contributed by atoms with Crippen LogP contribution in [0.2, 0.25) is 0 Å². The summed E-state index contributed by atoms with van der Waals surface area (Å²) in [6.07, 6.45) is 0. The van der Waals surface area contributed by atoms with E-state index < -0.39 is 5.82 Å². The number of fused-ring (bicyclic) bond motifs is 1. The van der Waals surface area contributed by atoms with Gasteiger partial charge in [-0.05, 0) is 36.4 Å². The van der Waals surface area contributed by atoms with E-state index in [0.717, 1.165) is 0 Å². The Labute approximate surface area is 144 Å². The predicted octanol–water partition coefficient (Wildman–Crippen LogP) is 3.63. The number of hydrogen-bond acceptors (Lipinski definition) is 5. The first-order valence-electron chi connectivity index (χ1n) is 7.49. The lowest BCUT2D eigenvalue weighted by Gasteiger charge is -2.14. The molecule has 128 valence electrons. The molecule has 0 bridgehead atoms. The van der Waals surface area contributed by atoms with E-state index in [2.05, 4.69) is 4.98 Å². The van der Waals surface area contributed by atoms with Gasteiger partial charge in [-0.15, -0.1) is 0 Å². The van der Waals surface area contributed by atoms with Crippen LogP contribution >= 0.6 is 0 Å². The van der Waals surface area contributed by atoms with Crippen LogP contribution in [0.25, 0.3) is 10.9 Å². The second kappa shape index (κ2) is 6.76. The zero-order valence-corrected chi connectivity index (χ0v) is 14.0. The van der Waals surface area contributed by atoms with Crippen molar-refractivity contribution in [2.45, 2.75) is 0 Å². The Morgan fingerprint density at radius 3 is 2.20 bits per heavy atom. The Morgan fingerprint density at radius 2 is 1.60 bits per heavy atom. The third-order valence-corrected chi connectivity index (χ3v) is 3.83. The normalized spacial score (nSPS) is 10.6. The first kappa shape index (κ1) is 16.7. The average Bonchev–Trinajstić information content (AvgIpc) is 2.65. The minimum Gasteiger partial charge on any atom is -0.493 e. The zero-order chi connectivity index (χ0) is 18.0. The molecule has 3 aromatic rings. The lowest BCUT2D eigenvalue weighted by molar-refractivity contribution is 0.103. The minimum absolute atomic E-state index is 0.244. The summed E-state index contributed by atoms with van der Waals surface area (Å²) in [4.78, 5) is 17.0. The van der Waals surface area contributed by atoms with E-state index in [4.69, 9.17) is 14.2 Å². The van der Waals surface area contributed by atoms with Crippen LogP contribution in [-0.4, -0.2) is 32.1 Å². The maximum atomic E-state index is 13.0. The molecule has 0 N–H and O–H groups in total. The van der Waals surface area contributed by atoms with Crippen molar-refractivity contribution in [2.24, 2.45) is 0 Å². The number of rotatable bonds is 5. The summed E-state index contributed by atoms with van der Waals surface area (Å²) in [6, 6.07) is 10.4. The van der Waals surface area contributed by atoms with Crippen molar-refractivity contribution in [1.82, 2.24) is 4.98 Å². The largest absolute Gasteiger partial charge is 0.493 e. The number of ketones is 1. The van der Waals surface area contributed by atoms with Crippen LogP contribution in [0, 0.1) is 5.82 Å². The SMILES string of the molecule is COc1cc2nc(C(=O)c3ccc(F)cc3)ccc2c(OC)c1OC. The fourth-order valence-corrected chi connectivity index (χ4v) is 2.62. The number of aromatic nitrogens is 1. The summed E-state index contributed by atoms with van der Waals surface area (Å²) < 4.78 is 29.1. The number of benzene rings is 2. The van der Waals surface area contributed by atoms with Gasteiger partial charge in [0, 0.05) is 17.0 Å².